The Morgan fingerprint density at radius 3 is 2.52 bits per heavy atom. The Morgan fingerprint density at radius 1 is 1.29 bits per heavy atom. The van der Waals surface area contributed by atoms with E-state index in [1.165, 1.54) is 12.8 Å². The summed E-state index contributed by atoms with van der Waals surface area (Å²) >= 11 is 0. The molecule has 0 spiro atoms. The highest BCUT2D eigenvalue weighted by Crippen LogP contribution is 2.36. The molecule has 21 heavy (non-hydrogen) atoms. The van der Waals surface area contributed by atoms with Crippen LogP contribution in [0.5, 0.6) is 5.75 Å². The summed E-state index contributed by atoms with van der Waals surface area (Å²) in [5.74, 6) is 0.734. The van der Waals surface area contributed by atoms with Crippen LogP contribution in [0.3, 0.4) is 0 Å². The van der Waals surface area contributed by atoms with Gasteiger partial charge in [-0.1, -0.05) is 31.7 Å². The number of hydrogen-bond acceptors (Lipinski definition) is 3. The Balaban J connectivity index is 2.19. The Morgan fingerprint density at radius 2 is 1.95 bits per heavy atom. The van der Waals surface area contributed by atoms with Gasteiger partial charge >= 0.3 is 0 Å². The Kier molecular flexibility index (Phi) is 5.23. The van der Waals surface area contributed by atoms with Crippen LogP contribution in [-0.2, 0) is 4.79 Å². The van der Waals surface area contributed by atoms with Crippen LogP contribution in [0.15, 0.2) is 18.2 Å². The SMILES string of the molecule is COc1cc(C)ccc1NC(=O)C1(CN)CCCCCC1. The highest BCUT2D eigenvalue weighted by Gasteiger charge is 2.37. The van der Waals surface area contributed by atoms with Crippen LogP contribution in [0.4, 0.5) is 5.69 Å². The molecular formula is C17H26N2O2. The van der Waals surface area contributed by atoms with Crippen molar-refractivity contribution in [3.63, 3.8) is 0 Å². The van der Waals surface area contributed by atoms with Crippen LogP contribution in [-0.4, -0.2) is 19.6 Å². The summed E-state index contributed by atoms with van der Waals surface area (Å²) in [5.41, 5.74) is 7.37. The van der Waals surface area contributed by atoms with E-state index in [0.29, 0.717) is 12.3 Å². The number of anilines is 1. The van der Waals surface area contributed by atoms with Gasteiger partial charge < -0.3 is 15.8 Å². The van der Waals surface area contributed by atoms with E-state index in [0.717, 1.165) is 36.9 Å². The van der Waals surface area contributed by atoms with Gasteiger partial charge in [0, 0.05) is 6.54 Å². The fraction of sp³-hybridized carbons (Fsp3) is 0.588. The maximum atomic E-state index is 12.8. The summed E-state index contributed by atoms with van der Waals surface area (Å²) in [4.78, 5) is 12.8. The third kappa shape index (κ3) is 3.56. The molecule has 0 heterocycles. The van der Waals surface area contributed by atoms with Gasteiger partial charge in [0.1, 0.15) is 5.75 Å². The van der Waals surface area contributed by atoms with Gasteiger partial charge in [-0.05, 0) is 37.5 Å². The number of benzene rings is 1. The number of nitrogens with two attached hydrogens (primary N) is 1. The van der Waals surface area contributed by atoms with Crippen molar-refractivity contribution in [2.24, 2.45) is 11.1 Å². The predicted octanol–water partition coefficient (Wildman–Crippen LogP) is 3.24. The van der Waals surface area contributed by atoms with Gasteiger partial charge in [0.05, 0.1) is 18.2 Å². The number of hydrogen-bond donors (Lipinski definition) is 2. The van der Waals surface area contributed by atoms with Crippen LogP contribution < -0.4 is 15.8 Å². The zero-order valence-electron chi connectivity index (χ0n) is 13.1. The first-order valence-corrected chi connectivity index (χ1v) is 7.77. The third-order valence-electron chi connectivity index (χ3n) is 4.54. The molecule has 0 aliphatic heterocycles. The largest absolute Gasteiger partial charge is 0.495 e. The zero-order chi connectivity index (χ0) is 15.3. The minimum Gasteiger partial charge on any atom is -0.495 e. The normalized spacial score (nSPS) is 17.9. The quantitative estimate of drug-likeness (QED) is 0.837. The molecular weight excluding hydrogens is 264 g/mol. The summed E-state index contributed by atoms with van der Waals surface area (Å²) in [5, 5.41) is 3.03. The van der Waals surface area contributed by atoms with Gasteiger partial charge in [-0.15, -0.1) is 0 Å². The van der Waals surface area contributed by atoms with Gasteiger partial charge in [0.2, 0.25) is 5.91 Å². The third-order valence-corrected chi connectivity index (χ3v) is 4.54. The van der Waals surface area contributed by atoms with Crippen LogP contribution in [0.25, 0.3) is 0 Å². The van der Waals surface area contributed by atoms with Gasteiger partial charge in [0.15, 0.2) is 0 Å². The van der Waals surface area contributed by atoms with Crippen LogP contribution in [0.2, 0.25) is 0 Å². The van der Waals surface area contributed by atoms with Gasteiger partial charge in [-0.25, -0.2) is 0 Å². The highest BCUT2D eigenvalue weighted by atomic mass is 16.5. The predicted molar refractivity (Wildman–Crippen MR) is 85.6 cm³/mol. The molecule has 3 N–H and O–H groups in total. The average Bonchev–Trinajstić information content (AvgIpc) is 2.75. The Bertz CT molecular complexity index is 492. The lowest BCUT2D eigenvalue weighted by atomic mass is 9.79. The molecule has 0 bridgehead atoms. The topological polar surface area (TPSA) is 64.3 Å². The average molecular weight is 290 g/mol. The van der Waals surface area contributed by atoms with Crippen LogP contribution >= 0.6 is 0 Å². The highest BCUT2D eigenvalue weighted by molar-refractivity contribution is 5.96. The number of methoxy groups -OCH3 is 1. The molecule has 1 amide bonds. The monoisotopic (exact) mass is 290 g/mol. The van der Waals surface area contributed by atoms with E-state index in [4.69, 9.17) is 10.5 Å². The fourth-order valence-corrected chi connectivity index (χ4v) is 3.09. The second kappa shape index (κ2) is 6.94. The lowest BCUT2D eigenvalue weighted by Gasteiger charge is -2.30. The van der Waals surface area contributed by atoms with E-state index < -0.39 is 5.41 Å². The molecule has 1 aliphatic carbocycles. The smallest absolute Gasteiger partial charge is 0.231 e. The molecule has 4 nitrogen and oxygen atoms in total. The van der Waals surface area contributed by atoms with Crippen molar-refractivity contribution in [1.82, 2.24) is 0 Å². The molecule has 1 fully saturated rings. The van der Waals surface area contributed by atoms with E-state index >= 15 is 0 Å². The van der Waals surface area contributed by atoms with Crippen molar-refractivity contribution < 1.29 is 9.53 Å². The lowest BCUT2D eigenvalue weighted by molar-refractivity contribution is -0.125. The molecule has 0 unspecified atom stereocenters. The second-order valence-electron chi connectivity index (χ2n) is 6.06. The van der Waals surface area contributed by atoms with E-state index in [1.807, 2.05) is 25.1 Å². The van der Waals surface area contributed by atoms with Gasteiger partial charge in [-0.3, -0.25) is 4.79 Å². The van der Waals surface area contributed by atoms with Crippen LogP contribution in [0, 0.1) is 12.3 Å². The molecule has 2 rings (SSSR count). The first-order valence-electron chi connectivity index (χ1n) is 7.77. The standard InChI is InChI=1S/C17H26N2O2/c1-13-7-8-14(15(11-13)21-2)19-16(20)17(12-18)9-5-3-4-6-10-17/h7-8,11H,3-6,9-10,12,18H2,1-2H3,(H,19,20). The molecule has 0 saturated heterocycles. The maximum absolute atomic E-state index is 12.8. The molecule has 0 atom stereocenters. The zero-order valence-corrected chi connectivity index (χ0v) is 13.1. The van der Waals surface area contributed by atoms with Crippen molar-refractivity contribution in [2.75, 3.05) is 19.0 Å². The molecule has 1 saturated carbocycles. The Hall–Kier alpha value is -1.55. The maximum Gasteiger partial charge on any atom is 0.231 e. The summed E-state index contributed by atoms with van der Waals surface area (Å²) in [6, 6.07) is 5.80. The van der Waals surface area contributed by atoms with E-state index in [9.17, 15) is 4.79 Å². The molecule has 1 aliphatic rings. The number of rotatable bonds is 4. The van der Waals surface area contributed by atoms with E-state index in [-0.39, 0.29) is 5.91 Å². The van der Waals surface area contributed by atoms with E-state index in [1.54, 1.807) is 7.11 Å². The molecule has 0 radical (unpaired) electrons. The second-order valence-corrected chi connectivity index (χ2v) is 6.06. The summed E-state index contributed by atoms with van der Waals surface area (Å²) in [6.07, 6.45) is 6.31. The number of carbonyl (C=O) groups is 1. The fourth-order valence-electron chi connectivity index (χ4n) is 3.09. The molecule has 1 aromatic rings. The molecule has 116 valence electrons. The number of aryl methyl sites for hydroxylation is 1. The number of ether oxygens (including phenoxy) is 1. The number of amides is 1. The van der Waals surface area contributed by atoms with Crippen molar-refractivity contribution >= 4 is 11.6 Å². The Labute approximate surface area is 127 Å². The molecule has 1 aromatic carbocycles. The minimum atomic E-state index is -0.424. The van der Waals surface area contributed by atoms with E-state index in [2.05, 4.69) is 5.32 Å². The first kappa shape index (κ1) is 15.8. The molecule has 0 aromatic heterocycles. The van der Waals surface area contributed by atoms with Gasteiger partial charge in [0.25, 0.3) is 0 Å². The van der Waals surface area contributed by atoms with Crippen molar-refractivity contribution in [2.45, 2.75) is 45.4 Å². The first-order chi connectivity index (χ1) is 10.1. The minimum absolute atomic E-state index is 0.0362. The van der Waals surface area contributed by atoms with Crippen molar-refractivity contribution in [1.29, 1.82) is 0 Å². The lowest BCUT2D eigenvalue weighted by Crippen LogP contribution is -2.42. The van der Waals surface area contributed by atoms with Gasteiger partial charge in [-0.2, -0.15) is 0 Å². The number of carbonyl (C=O) groups excluding carboxylic acids is 1. The number of nitrogens with one attached hydrogen (secondary N) is 1. The van der Waals surface area contributed by atoms with Crippen LogP contribution in [0.1, 0.15) is 44.1 Å². The van der Waals surface area contributed by atoms with Crippen molar-refractivity contribution in [3.05, 3.63) is 23.8 Å². The summed E-state index contributed by atoms with van der Waals surface area (Å²) in [6.45, 7) is 2.41. The molecule has 4 heteroatoms. The summed E-state index contributed by atoms with van der Waals surface area (Å²) < 4.78 is 5.36. The van der Waals surface area contributed by atoms with Crippen molar-refractivity contribution in [3.8, 4) is 5.75 Å². The summed E-state index contributed by atoms with van der Waals surface area (Å²) in [7, 11) is 1.62.